The van der Waals surface area contributed by atoms with Gasteiger partial charge in [-0.25, -0.2) is 8.42 Å². The quantitative estimate of drug-likeness (QED) is 0.219. The van der Waals surface area contributed by atoms with Crippen LogP contribution in [0.1, 0.15) is 16.7 Å². The summed E-state index contributed by atoms with van der Waals surface area (Å²) < 4.78 is 69.9. The van der Waals surface area contributed by atoms with Gasteiger partial charge in [0.05, 0.1) is 21.2 Å². The summed E-state index contributed by atoms with van der Waals surface area (Å²) in [5.41, 5.74) is -0.275. The summed E-state index contributed by atoms with van der Waals surface area (Å²) in [5.74, 6) is -1.30. The van der Waals surface area contributed by atoms with Gasteiger partial charge in [0.1, 0.15) is 12.6 Å². The Bertz CT molecular complexity index is 1690. The van der Waals surface area contributed by atoms with Crippen molar-refractivity contribution in [1.82, 2.24) is 10.2 Å². The molecule has 44 heavy (non-hydrogen) atoms. The third-order valence-corrected chi connectivity index (χ3v) is 8.98. The highest BCUT2D eigenvalue weighted by Crippen LogP contribution is 2.38. The number of nitrogens with zero attached hydrogens (tertiary/aromatic N) is 2. The lowest BCUT2D eigenvalue weighted by atomic mass is 10.0. The Labute approximate surface area is 258 Å². The Kier molecular flexibility index (Phi) is 10.3. The van der Waals surface area contributed by atoms with Crippen LogP contribution in [0.3, 0.4) is 0 Å². The van der Waals surface area contributed by atoms with Crippen LogP contribution < -0.4 is 9.62 Å². The molecule has 0 aromatic heterocycles. The van der Waals surface area contributed by atoms with Crippen molar-refractivity contribution in [3.63, 3.8) is 0 Å². The number of anilines is 1. The van der Waals surface area contributed by atoms with Gasteiger partial charge in [0.25, 0.3) is 10.0 Å². The number of alkyl halides is 3. The van der Waals surface area contributed by atoms with Crippen LogP contribution in [0.15, 0.2) is 114 Å². The molecule has 0 bridgehead atoms. The number of rotatable bonds is 11. The summed E-state index contributed by atoms with van der Waals surface area (Å²) >= 11 is 5.83. The van der Waals surface area contributed by atoms with Gasteiger partial charge in [0.2, 0.25) is 11.8 Å². The van der Waals surface area contributed by atoms with E-state index in [1.54, 1.807) is 66.7 Å². The van der Waals surface area contributed by atoms with Gasteiger partial charge < -0.3 is 10.2 Å². The lowest BCUT2D eigenvalue weighted by molar-refractivity contribution is -0.139. The minimum absolute atomic E-state index is 0.0712. The number of likely N-dealkylation sites (N-methyl/N-ethyl adjacent to an activating group) is 1. The second-order valence-electron chi connectivity index (χ2n) is 9.81. The first-order valence-electron chi connectivity index (χ1n) is 13.4. The van der Waals surface area contributed by atoms with E-state index in [0.29, 0.717) is 15.9 Å². The number of sulfonamides is 1. The molecule has 4 aromatic carbocycles. The summed E-state index contributed by atoms with van der Waals surface area (Å²) in [6.45, 7) is -0.969. The van der Waals surface area contributed by atoms with E-state index in [4.69, 9.17) is 11.6 Å². The van der Waals surface area contributed by atoms with Gasteiger partial charge in [-0.2, -0.15) is 13.2 Å². The van der Waals surface area contributed by atoms with Crippen LogP contribution in [0.5, 0.6) is 0 Å². The number of carbonyl (C=O) groups is 2. The highest BCUT2D eigenvalue weighted by molar-refractivity contribution is 7.92. The zero-order valence-electron chi connectivity index (χ0n) is 23.5. The van der Waals surface area contributed by atoms with E-state index in [2.05, 4.69) is 5.32 Å². The maximum atomic E-state index is 14.2. The molecule has 1 N–H and O–H groups in total. The van der Waals surface area contributed by atoms with E-state index in [1.807, 2.05) is 0 Å². The van der Waals surface area contributed by atoms with E-state index in [-0.39, 0.29) is 17.9 Å². The van der Waals surface area contributed by atoms with Gasteiger partial charge in [0, 0.05) is 20.0 Å². The molecule has 0 saturated carbocycles. The Morgan fingerprint density at radius 1 is 0.841 bits per heavy atom. The zero-order valence-corrected chi connectivity index (χ0v) is 25.1. The fourth-order valence-corrected chi connectivity index (χ4v) is 6.29. The Balaban J connectivity index is 1.83. The minimum atomic E-state index is -4.89. The number of hydrogen-bond donors (Lipinski definition) is 1. The van der Waals surface area contributed by atoms with Crippen LogP contribution in [0, 0.1) is 0 Å². The molecule has 0 fully saturated rings. The van der Waals surface area contributed by atoms with Gasteiger partial charge in [-0.15, -0.1) is 0 Å². The summed E-state index contributed by atoms with van der Waals surface area (Å²) in [6, 6.07) is 26.3. The molecule has 0 aliphatic rings. The average Bonchev–Trinajstić information content (AvgIpc) is 3.02. The first-order chi connectivity index (χ1) is 20.9. The SMILES string of the molecule is CNC(=O)C(Cc1ccccc1)N(Cc1ccccc1)C(=O)CN(c1ccc(Cl)c(C(F)(F)F)c1)S(=O)(=O)c1ccccc1. The molecule has 2 amide bonds. The fourth-order valence-electron chi connectivity index (χ4n) is 4.63. The van der Waals surface area contributed by atoms with Crippen molar-refractivity contribution in [3.8, 4) is 0 Å². The molecule has 0 aliphatic carbocycles. The molecule has 0 saturated heterocycles. The number of amides is 2. The molecule has 0 heterocycles. The second-order valence-corrected chi connectivity index (χ2v) is 12.1. The van der Waals surface area contributed by atoms with Crippen molar-refractivity contribution in [2.24, 2.45) is 0 Å². The predicted molar refractivity (Wildman–Crippen MR) is 162 cm³/mol. The van der Waals surface area contributed by atoms with Crippen molar-refractivity contribution in [2.45, 2.75) is 30.1 Å². The molecule has 4 aromatic rings. The second kappa shape index (κ2) is 14.0. The van der Waals surface area contributed by atoms with Gasteiger partial charge in [0.15, 0.2) is 0 Å². The minimum Gasteiger partial charge on any atom is -0.357 e. The first-order valence-corrected chi connectivity index (χ1v) is 15.3. The van der Waals surface area contributed by atoms with Crippen molar-refractivity contribution in [3.05, 3.63) is 131 Å². The molecule has 230 valence electrons. The van der Waals surface area contributed by atoms with Crippen LogP contribution in [-0.2, 0) is 38.8 Å². The molecule has 0 aliphatic heterocycles. The molecule has 1 atom stereocenters. The topological polar surface area (TPSA) is 86.8 Å². The standard InChI is InChI=1S/C32H29ClF3N3O4S/c1-37-31(41)29(19-23-11-5-2-6-12-23)38(21-24-13-7-3-8-14-24)30(40)22-39(44(42,43)26-15-9-4-10-16-26)25-17-18-28(33)27(20-25)32(34,35)36/h2-18,20,29H,19,21-22H2,1H3,(H,37,41). The van der Waals surface area contributed by atoms with Crippen LogP contribution >= 0.6 is 11.6 Å². The monoisotopic (exact) mass is 643 g/mol. The van der Waals surface area contributed by atoms with E-state index in [1.165, 1.54) is 36.2 Å². The third kappa shape index (κ3) is 7.78. The lowest BCUT2D eigenvalue weighted by Gasteiger charge is -2.33. The van der Waals surface area contributed by atoms with Gasteiger partial charge in [-0.3, -0.25) is 13.9 Å². The largest absolute Gasteiger partial charge is 0.417 e. The molecule has 7 nitrogen and oxygen atoms in total. The van der Waals surface area contributed by atoms with Crippen molar-refractivity contribution < 1.29 is 31.2 Å². The van der Waals surface area contributed by atoms with Crippen LogP contribution in [0.25, 0.3) is 0 Å². The zero-order chi connectivity index (χ0) is 31.9. The van der Waals surface area contributed by atoms with E-state index in [9.17, 15) is 31.2 Å². The van der Waals surface area contributed by atoms with E-state index >= 15 is 0 Å². The Hall–Kier alpha value is -4.35. The van der Waals surface area contributed by atoms with Crippen LogP contribution in [0.4, 0.5) is 18.9 Å². The summed E-state index contributed by atoms with van der Waals surface area (Å²) in [7, 11) is -3.15. The van der Waals surface area contributed by atoms with E-state index in [0.717, 1.165) is 17.7 Å². The first kappa shape index (κ1) is 32.6. The number of nitrogens with one attached hydrogen (secondary N) is 1. The van der Waals surface area contributed by atoms with Gasteiger partial charge >= 0.3 is 6.18 Å². The molecule has 1 unspecified atom stereocenters. The highest BCUT2D eigenvalue weighted by Gasteiger charge is 2.37. The molecule has 4 rings (SSSR count). The lowest BCUT2D eigenvalue weighted by Crippen LogP contribution is -2.53. The number of benzene rings is 4. The maximum absolute atomic E-state index is 14.2. The molecule has 0 spiro atoms. The molecule has 12 heteroatoms. The Morgan fingerprint density at radius 2 is 1.39 bits per heavy atom. The van der Waals surface area contributed by atoms with Crippen molar-refractivity contribution in [1.29, 1.82) is 0 Å². The number of halogens is 4. The molecular weight excluding hydrogens is 615 g/mol. The van der Waals surface area contributed by atoms with Crippen LogP contribution in [-0.4, -0.2) is 44.8 Å². The fraction of sp³-hybridized carbons (Fsp3) is 0.188. The summed E-state index contributed by atoms with van der Waals surface area (Å²) in [6.07, 6.45) is -4.79. The smallest absolute Gasteiger partial charge is 0.357 e. The van der Waals surface area contributed by atoms with Gasteiger partial charge in [-0.05, 0) is 41.5 Å². The summed E-state index contributed by atoms with van der Waals surface area (Å²) in [4.78, 5) is 28.5. The van der Waals surface area contributed by atoms with Crippen molar-refractivity contribution >= 4 is 39.1 Å². The third-order valence-electron chi connectivity index (χ3n) is 6.87. The normalized spacial score (nSPS) is 12.3. The maximum Gasteiger partial charge on any atom is 0.417 e. The van der Waals surface area contributed by atoms with Crippen LogP contribution in [0.2, 0.25) is 5.02 Å². The predicted octanol–water partition coefficient (Wildman–Crippen LogP) is 5.94. The summed E-state index contributed by atoms with van der Waals surface area (Å²) in [5, 5.41) is 1.95. The highest BCUT2D eigenvalue weighted by atomic mass is 35.5. The Morgan fingerprint density at radius 3 is 1.93 bits per heavy atom. The number of carbonyl (C=O) groups excluding carboxylic acids is 2. The molecule has 0 radical (unpaired) electrons. The van der Waals surface area contributed by atoms with Crippen molar-refractivity contribution in [2.75, 3.05) is 17.9 Å². The average molecular weight is 644 g/mol. The molecular formula is C32H29ClF3N3O4S. The number of hydrogen-bond acceptors (Lipinski definition) is 4. The van der Waals surface area contributed by atoms with E-state index < -0.39 is 56.9 Å². The van der Waals surface area contributed by atoms with Gasteiger partial charge in [-0.1, -0.05) is 90.5 Å².